The van der Waals surface area contributed by atoms with Gasteiger partial charge in [-0.25, -0.2) is 9.78 Å². The van der Waals surface area contributed by atoms with Gasteiger partial charge in [-0.15, -0.1) is 0 Å². The molecule has 26 heavy (non-hydrogen) atoms. The molecule has 138 valence electrons. The molecule has 7 nitrogen and oxygen atoms in total. The minimum atomic E-state index is -0.547. The summed E-state index contributed by atoms with van der Waals surface area (Å²) >= 11 is 0. The van der Waals surface area contributed by atoms with Crippen LogP contribution in [-0.4, -0.2) is 51.6 Å². The van der Waals surface area contributed by atoms with Crippen LogP contribution >= 0.6 is 0 Å². The Kier molecular flexibility index (Phi) is 5.06. The molecule has 0 spiro atoms. The van der Waals surface area contributed by atoms with E-state index in [-0.39, 0.29) is 11.9 Å². The predicted octanol–water partition coefficient (Wildman–Crippen LogP) is 2.76. The van der Waals surface area contributed by atoms with E-state index in [4.69, 9.17) is 4.74 Å². The molecule has 1 N–H and O–H groups in total. The third kappa shape index (κ3) is 4.47. The van der Waals surface area contributed by atoms with Gasteiger partial charge in [0.15, 0.2) is 0 Å². The fourth-order valence-corrected chi connectivity index (χ4v) is 2.98. The molecule has 0 radical (unpaired) electrons. The van der Waals surface area contributed by atoms with Crippen LogP contribution in [0.2, 0.25) is 0 Å². The number of benzene rings is 1. The molecule has 0 saturated carbocycles. The van der Waals surface area contributed by atoms with Crippen LogP contribution in [0.25, 0.3) is 11.0 Å². The minimum Gasteiger partial charge on any atom is -0.444 e. The van der Waals surface area contributed by atoms with E-state index in [0.29, 0.717) is 24.3 Å². The molecule has 7 heteroatoms. The van der Waals surface area contributed by atoms with Crippen molar-refractivity contribution in [1.29, 1.82) is 0 Å². The Bertz CT molecular complexity index is 816. The molecule has 1 unspecified atom stereocenters. The van der Waals surface area contributed by atoms with Crippen molar-refractivity contribution in [3.05, 3.63) is 36.2 Å². The Hall–Kier alpha value is -2.70. The van der Waals surface area contributed by atoms with E-state index in [1.807, 2.05) is 45.0 Å². The average Bonchev–Trinajstić information content (AvgIpc) is 2.59. The van der Waals surface area contributed by atoms with Crippen LogP contribution in [0, 0.1) is 0 Å². The molecule has 1 aromatic carbocycles. The average molecular weight is 356 g/mol. The number of fused-ring (bicyclic) bond motifs is 1. The van der Waals surface area contributed by atoms with Crippen LogP contribution < -0.4 is 5.32 Å². The highest BCUT2D eigenvalue weighted by Gasteiger charge is 2.28. The first-order valence-corrected chi connectivity index (χ1v) is 8.82. The lowest BCUT2D eigenvalue weighted by Crippen LogP contribution is -2.50. The number of amides is 2. The van der Waals surface area contributed by atoms with Gasteiger partial charge in [-0.05, 0) is 45.7 Å². The highest BCUT2D eigenvalue weighted by molar-refractivity contribution is 5.93. The maximum absolute atomic E-state index is 12.8. The van der Waals surface area contributed by atoms with Crippen LogP contribution in [0.5, 0.6) is 0 Å². The molecule has 1 atom stereocenters. The lowest BCUT2D eigenvalue weighted by molar-refractivity contribution is 0.0451. The standard InChI is InChI=1S/C19H24N4O3/c1-19(2,3)26-18(25)21-13-7-6-10-23(12-13)17(24)16-11-20-14-8-4-5-9-15(14)22-16/h4-5,8-9,11,13H,6-7,10,12H2,1-3H3,(H,21,25). The largest absolute Gasteiger partial charge is 0.444 e. The highest BCUT2D eigenvalue weighted by atomic mass is 16.6. The zero-order valence-electron chi connectivity index (χ0n) is 15.4. The number of hydrogen-bond acceptors (Lipinski definition) is 5. The third-order valence-corrected chi connectivity index (χ3v) is 4.10. The summed E-state index contributed by atoms with van der Waals surface area (Å²) in [4.78, 5) is 35.2. The molecule has 1 aromatic heterocycles. The van der Waals surface area contributed by atoms with Crippen LogP contribution in [0.1, 0.15) is 44.1 Å². The third-order valence-electron chi connectivity index (χ3n) is 4.10. The molecule has 1 fully saturated rings. The van der Waals surface area contributed by atoms with Crippen LogP contribution in [0.4, 0.5) is 4.79 Å². The zero-order chi connectivity index (χ0) is 18.7. The quantitative estimate of drug-likeness (QED) is 0.894. The molecule has 1 aliphatic heterocycles. The lowest BCUT2D eigenvalue weighted by atomic mass is 10.1. The van der Waals surface area contributed by atoms with Gasteiger partial charge in [-0.3, -0.25) is 9.78 Å². The molecule has 2 heterocycles. The second kappa shape index (κ2) is 7.27. The number of likely N-dealkylation sites (tertiary alicyclic amines) is 1. The molecule has 2 aromatic rings. The number of ether oxygens (including phenoxy) is 1. The van der Waals surface area contributed by atoms with E-state index in [1.54, 1.807) is 4.90 Å². The molecule has 1 aliphatic rings. The summed E-state index contributed by atoms with van der Waals surface area (Å²) in [6.45, 7) is 6.54. The van der Waals surface area contributed by atoms with E-state index < -0.39 is 11.7 Å². The molecular weight excluding hydrogens is 332 g/mol. The number of piperidine rings is 1. The van der Waals surface area contributed by atoms with E-state index >= 15 is 0 Å². The molecule has 2 amide bonds. The molecular formula is C19H24N4O3. The second-order valence-electron chi connectivity index (χ2n) is 7.48. The first-order chi connectivity index (χ1) is 12.3. The van der Waals surface area contributed by atoms with Gasteiger partial charge in [-0.2, -0.15) is 0 Å². The van der Waals surface area contributed by atoms with Gasteiger partial charge in [0.05, 0.1) is 17.2 Å². The van der Waals surface area contributed by atoms with Crippen molar-refractivity contribution in [3.63, 3.8) is 0 Å². The van der Waals surface area contributed by atoms with Gasteiger partial charge >= 0.3 is 6.09 Å². The summed E-state index contributed by atoms with van der Waals surface area (Å²) in [5, 5.41) is 2.85. The van der Waals surface area contributed by atoms with Crippen molar-refractivity contribution in [2.45, 2.75) is 45.3 Å². The van der Waals surface area contributed by atoms with E-state index in [9.17, 15) is 9.59 Å². The van der Waals surface area contributed by atoms with Crippen LogP contribution in [-0.2, 0) is 4.74 Å². The zero-order valence-corrected chi connectivity index (χ0v) is 15.4. The van der Waals surface area contributed by atoms with Crippen molar-refractivity contribution in [2.24, 2.45) is 0 Å². The molecule has 1 saturated heterocycles. The number of carbonyl (C=O) groups excluding carboxylic acids is 2. The van der Waals surface area contributed by atoms with Gasteiger partial charge in [0, 0.05) is 19.1 Å². The van der Waals surface area contributed by atoms with Crippen LogP contribution in [0.15, 0.2) is 30.5 Å². The topological polar surface area (TPSA) is 84.4 Å². The summed E-state index contributed by atoms with van der Waals surface area (Å²) in [7, 11) is 0. The Morgan fingerprint density at radius 2 is 1.96 bits per heavy atom. The predicted molar refractivity (Wildman–Crippen MR) is 97.8 cm³/mol. The molecule has 3 rings (SSSR count). The second-order valence-corrected chi connectivity index (χ2v) is 7.48. The number of nitrogens with zero attached hydrogens (tertiary/aromatic N) is 3. The number of alkyl carbamates (subject to hydrolysis) is 1. The SMILES string of the molecule is CC(C)(C)OC(=O)NC1CCCN(C(=O)c2cnc3ccccc3n2)C1. The van der Waals surface area contributed by atoms with E-state index in [2.05, 4.69) is 15.3 Å². The monoisotopic (exact) mass is 356 g/mol. The highest BCUT2D eigenvalue weighted by Crippen LogP contribution is 2.16. The number of aromatic nitrogens is 2. The number of hydrogen-bond donors (Lipinski definition) is 1. The van der Waals surface area contributed by atoms with Gasteiger partial charge in [-0.1, -0.05) is 12.1 Å². The van der Waals surface area contributed by atoms with Crippen molar-refractivity contribution >= 4 is 23.0 Å². The van der Waals surface area contributed by atoms with Gasteiger partial charge < -0.3 is 15.0 Å². The summed E-state index contributed by atoms with van der Waals surface area (Å²) < 4.78 is 5.29. The Morgan fingerprint density at radius 3 is 2.69 bits per heavy atom. The van der Waals surface area contributed by atoms with E-state index in [0.717, 1.165) is 18.4 Å². The molecule has 0 aliphatic carbocycles. The number of carbonyl (C=O) groups is 2. The first kappa shape index (κ1) is 18.1. The summed E-state index contributed by atoms with van der Waals surface area (Å²) in [5.74, 6) is -0.168. The Labute approximate surface area is 152 Å². The fourth-order valence-electron chi connectivity index (χ4n) is 2.98. The maximum atomic E-state index is 12.8. The summed E-state index contributed by atoms with van der Waals surface area (Å²) in [6.07, 6.45) is 2.68. The summed E-state index contributed by atoms with van der Waals surface area (Å²) in [6, 6.07) is 7.32. The van der Waals surface area contributed by atoms with Crippen molar-refractivity contribution in [3.8, 4) is 0 Å². The number of rotatable bonds is 2. The maximum Gasteiger partial charge on any atom is 0.407 e. The van der Waals surface area contributed by atoms with Gasteiger partial charge in [0.1, 0.15) is 11.3 Å². The lowest BCUT2D eigenvalue weighted by Gasteiger charge is -2.33. The fraction of sp³-hybridized carbons (Fsp3) is 0.474. The Morgan fingerprint density at radius 1 is 1.23 bits per heavy atom. The molecule has 0 bridgehead atoms. The van der Waals surface area contributed by atoms with Crippen LogP contribution in [0.3, 0.4) is 0 Å². The van der Waals surface area contributed by atoms with Gasteiger partial charge in [0.2, 0.25) is 0 Å². The minimum absolute atomic E-state index is 0.129. The van der Waals surface area contributed by atoms with Gasteiger partial charge in [0.25, 0.3) is 5.91 Å². The Balaban J connectivity index is 1.66. The van der Waals surface area contributed by atoms with Crippen molar-refractivity contribution in [1.82, 2.24) is 20.2 Å². The van der Waals surface area contributed by atoms with E-state index in [1.165, 1.54) is 6.20 Å². The summed E-state index contributed by atoms with van der Waals surface area (Å²) in [5.41, 5.74) is 1.22. The first-order valence-electron chi connectivity index (χ1n) is 8.82. The number of nitrogens with one attached hydrogen (secondary N) is 1. The smallest absolute Gasteiger partial charge is 0.407 e. The van der Waals surface area contributed by atoms with Crippen molar-refractivity contribution < 1.29 is 14.3 Å². The normalized spacial score (nSPS) is 17.8. The number of para-hydroxylation sites is 2. The van der Waals surface area contributed by atoms with Crippen molar-refractivity contribution in [2.75, 3.05) is 13.1 Å².